The average molecular weight is 464 g/mol. The van der Waals surface area contributed by atoms with Gasteiger partial charge >= 0.3 is 0 Å². The van der Waals surface area contributed by atoms with Gasteiger partial charge in [0, 0.05) is 31.2 Å². The zero-order valence-corrected chi connectivity index (χ0v) is 21.1. The van der Waals surface area contributed by atoms with Crippen molar-refractivity contribution in [1.29, 1.82) is 0 Å². The zero-order chi connectivity index (χ0) is 23.6. The molecule has 0 saturated heterocycles. The van der Waals surface area contributed by atoms with Crippen molar-refractivity contribution < 1.29 is 4.79 Å². The smallest absolute Gasteiger partial charge is 0.236 e. The summed E-state index contributed by atoms with van der Waals surface area (Å²) in [6.07, 6.45) is 8.93. The molecule has 3 rings (SSSR count). The van der Waals surface area contributed by atoms with Gasteiger partial charge in [0.05, 0.1) is 16.3 Å². The first-order chi connectivity index (χ1) is 16.0. The summed E-state index contributed by atoms with van der Waals surface area (Å²) in [6, 6.07) is 20.7. The molecule has 0 fully saturated rings. The zero-order valence-electron chi connectivity index (χ0n) is 20.3. The minimum Gasteiger partial charge on any atom is -0.351 e. The second-order valence-corrected chi connectivity index (χ2v) is 10.3. The normalized spacial score (nSPS) is 14.1. The number of pyridine rings is 1. The number of aromatic nitrogens is 2. The standard InChI is InChI=1S/C28H37N3OS/c1-5-13-25(30-18-11-12-19-30)20-26(33-27-16-9-10-17-29-27)28(32)31(21-22(2)3)23(4)24-14-7-6-8-15-24/h6-12,14-19,22-23,25-26H,5,13,20-21H2,1-4H3/t23-,25+,26-/m0/s1. The minimum absolute atomic E-state index is 0.0177. The highest BCUT2D eigenvalue weighted by molar-refractivity contribution is 8.00. The summed E-state index contributed by atoms with van der Waals surface area (Å²) >= 11 is 1.60. The van der Waals surface area contributed by atoms with Gasteiger partial charge in [0.15, 0.2) is 0 Å². The number of hydrogen-bond acceptors (Lipinski definition) is 3. The second kappa shape index (κ2) is 12.6. The number of benzene rings is 1. The molecule has 2 heterocycles. The van der Waals surface area contributed by atoms with Crippen LogP contribution in [0.4, 0.5) is 0 Å². The van der Waals surface area contributed by atoms with Crippen molar-refractivity contribution in [3.63, 3.8) is 0 Å². The molecule has 0 saturated carbocycles. The van der Waals surface area contributed by atoms with Crippen LogP contribution >= 0.6 is 11.8 Å². The maximum absolute atomic E-state index is 14.2. The van der Waals surface area contributed by atoms with E-state index in [1.54, 1.807) is 18.0 Å². The maximum Gasteiger partial charge on any atom is 0.236 e. The van der Waals surface area contributed by atoms with Gasteiger partial charge in [0.1, 0.15) is 0 Å². The summed E-state index contributed by atoms with van der Waals surface area (Å²) < 4.78 is 2.26. The van der Waals surface area contributed by atoms with Gasteiger partial charge in [-0.2, -0.15) is 0 Å². The first-order valence-electron chi connectivity index (χ1n) is 12.0. The van der Waals surface area contributed by atoms with E-state index >= 15 is 0 Å². The van der Waals surface area contributed by atoms with Crippen molar-refractivity contribution in [3.8, 4) is 0 Å². The molecular formula is C28H37N3OS. The van der Waals surface area contributed by atoms with Crippen LogP contribution in [0.2, 0.25) is 0 Å². The second-order valence-electron chi connectivity index (χ2n) is 9.05. The van der Waals surface area contributed by atoms with E-state index in [1.165, 1.54) is 5.56 Å². The van der Waals surface area contributed by atoms with E-state index in [0.29, 0.717) is 5.92 Å². The van der Waals surface area contributed by atoms with Crippen LogP contribution in [-0.2, 0) is 4.79 Å². The molecule has 0 N–H and O–H groups in total. The van der Waals surface area contributed by atoms with E-state index in [0.717, 1.165) is 30.8 Å². The Morgan fingerprint density at radius 1 is 1.00 bits per heavy atom. The Hall–Kier alpha value is -2.53. The average Bonchev–Trinajstić information content (AvgIpc) is 3.37. The Labute approximate surface area is 203 Å². The SMILES string of the molecule is CCC[C@H](C[C@H](Sc1ccccn1)C(=O)N(CC(C)C)[C@@H](C)c1ccccc1)n1cccc1. The van der Waals surface area contributed by atoms with Crippen molar-refractivity contribution in [2.45, 2.75) is 69.3 Å². The molecule has 4 nitrogen and oxygen atoms in total. The van der Waals surface area contributed by atoms with Gasteiger partial charge in [-0.3, -0.25) is 4.79 Å². The Kier molecular flexibility index (Phi) is 9.61. The Balaban J connectivity index is 1.92. The number of rotatable bonds is 12. The molecule has 0 radical (unpaired) electrons. The molecule has 33 heavy (non-hydrogen) atoms. The highest BCUT2D eigenvalue weighted by Gasteiger charge is 2.32. The monoisotopic (exact) mass is 463 g/mol. The molecule has 0 aliphatic heterocycles. The van der Waals surface area contributed by atoms with Crippen LogP contribution in [0.25, 0.3) is 0 Å². The van der Waals surface area contributed by atoms with Gasteiger partial charge in [-0.25, -0.2) is 4.98 Å². The third-order valence-electron chi connectivity index (χ3n) is 5.93. The lowest BCUT2D eigenvalue weighted by atomic mass is 10.0. The highest BCUT2D eigenvalue weighted by Crippen LogP contribution is 2.34. The summed E-state index contributed by atoms with van der Waals surface area (Å²) in [4.78, 5) is 20.8. The van der Waals surface area contributed by atoms with Gasteiger partial charge in [-0.05, 0) is 55.5 Å². The Bertz CT molecular complexity index is 944. The number of thioether (sulfide) groups is 1. The van der Waals surface area contributed by atoms with Crippen LogP contribution in [0.1, 0.15) is 64.6 Å². The van der Waals surface area contributed by atoms with Crippen molar-refractivity contribution in [3.05, 3.63) is 84.8 Å². The molecule has 3 atom stereocenters. The number of nitrogens with zero attached hydrogens (tertiary/aromatic N) is 3. The van der Waals surface area contributed by atoms with E-state index < -0.39 is 0 Å². The Morgan fingerprint density at radius 3 is 2.30 bits per heavy atom. The fourth-order valence-electron chi connectivity index (χ4n) is 4.25. The quantitative estimate of drug-likeness (QED) is 0.271. The molecule has 1 aromatic carbocycles. The molecule has 5 heteroatoms. The first kappa shape index (κ1) is 25.1. The van der Waals surface area contributed by atoms with Crippen LogP contribution in [0.5, 0.6) is 0 Å². The van der Waals surface area contributed by atoms with Crippen molar-refractivity contribution >= 4 is 17.7 Å². The van der Waals surface area contributed by atoms with Crippen molar-refractivity contribution in [2.24, 2.45) is 5.92 Å². The fraction of sp³-hybridized carbons (Fsp3) is 0.429. The predicted molar refractivity (Wildman–Crippen MR) is 138 cm³/mol. The molecule has 176 valence electrons. The summed E-state index contributed by atoms with van der Waals surface area (Å²) in [5.41, 5.74) is 1.17. The van der Waals surface area contributed by atoms with Crippen molar-refractivity contribution in [1.82, 2.24) is 14.5 Å². The van der Waals surface area contributed by atoms with Gasteiger partial charge in [0.25, 0.3) is 0 Å². The van der Waals surface area contributed by atoms with E-state index in [-0.39, 0.29) is 23.2 Å². The molecule has 0 spiro atoms. The summed E-state index contributed by atoms with van der Waals surface area (Å²) in [7, 11) is 0. The van der Waals surface area contributed by atoms with Crippen molar-refractivity contribution in [2.75, 3.05) is 6.54 Å². The topological polar surface area (TPSA) is 38.1 Å². The first-order valence-corrected chi connectivity index (χ1v) is 12.9. The van der Waals surface area contributed by atoms with Crippen LogP contribution in [0.3, 0.4) is 0 Å². The van der Waals surface area contributed by atoms with E-state index in [2.05, 4.69) is 78.8 Å². The molecule has 3 aromatic rings. The van der Waals surface area contributed by atoms with Crippen LogP contribution in [0, 0.1) is 5.92 Å². The highest BCUT2D eigenvalue weighted by atomic mass is 32.2. The van der Waals surface area contributed by atoms with Crippen LogP contribution < -0.4 is 0 Å². The molecule has 0 aliphatic carbocycles. The molecule has 0 unspecified atom stereocenters. The third kappa shape index (κ3) is 7.23. The lowest BCUT2D eigenvalue weighted by Gasteiger charge is -2.35. The lowest BCUT2D eigenvalue weighted by Crippen LogP contribution is -2.42. The van der Waals surface area contributed by atoms with Crippen LogP contribution in [-0.4, -0.2) is 32.2 Å². The Morgan fingerprint density at radius 2 is 1.70 bits per heavy atom. The molecule has 1 amide bonds. The third-order valence-corrected chi connectivity index (χ3v) is 7.09. The predicted octanol–water partition coefficient (Wildman–Crippen LogP) is 7.02. The summed E-state index contributed by atoms with van der Waals surface area (Å²) in [5, 5.41) is 0.694. The van der Waals surface area contributed by atoms with Gasteiger partial charge in [-0.15, -0.1) is 0 Å². The fourth-order valence-corrected chi connectivity index (χ4v) is 5.38. The van der Waals surface area contributed by atoms with Gasteiger partial charge in [-0.1, -0.05) is 75.4 Å². The van der Waals surface area contributed by atoms with Crippen LogP contribution in [0.15, 0.2) is 84.3 Å². The van der Waals surface area contributed by atoms with Gasteiger partial charge < -0.3 is 9.47 Å². The lowest BCUT2D eigenvalue weighted by molar-refractivity contribution is -0.133. The van der Waals surface area contributed by atoms with E-state index in [1.807, 2.05) is 36.4 Å². The number of amides is 1. The minimum atomic E-state index is -0.205. The summed E-state index contributed by atoms with van der Waals surface area (Å²) in [5.74, 6) is 0.584. The van der Waals surface area contributed by atoms with E-state index in [9.17, 15) is 4.79 Å². The largest absolute Gasteiger partial charge is 0.351 e. The van der Waals surface area contributed by atoms with E-state index in [4.69, 9.17) is 0 Å². The number of carbonyl (C=O) groups excluding carboxylic acids is 1. The maximum atomic E-state index is 14.2. The van der Waals surface area contributed by atoms with Gasteiger partial charge in [0.2, 0.25) is 5.91 Å². The number of carbonyl (C=O) groups is 1. The molecular weight excluding hydrogens is 426 g/mol. The summed E-state index contributed by atoms with van der Waals surface area (Å²) in [6.45, 7) is 9.45. The molecule has 2 aromatic heterocycles. The number of hydrogen-bond donors (Lipinski definition) is 0. The molecule has 0 aliphatic rings. The molecule has 0 bridgehead atoms.